The molecule has 4 aliphatic carbocycles. The van der Waals surface area contributed by atoms with Gasteiger partial charge in [-0.15, -0.1) is 0 Å². The summed E-state index contributed by atoms with van der Waals surface area (Å²) in [7, 11) is 0. The Labute approximate surface area is 394 Å². The number of aromatic nitrogens is 3. The molecule has 13 rings (SSSR count). The molecule has 9 aromatic rings. The summed E-state index contributed by atoms with van der Waals surface area (Å²) in [5, 5.41) is 0. The number of hydrogen-bond donors (Lipinski definition) is 0. The Balaban J connectivity index is 1.08. The maximum absolute atomic E-state index is 5.66. The number of rotatable bonds is 5. The van der Waals surface area contributed by atoms with E-state index in [0.717, 1.165) is 22.5 Å². The van der Waals surface area contributed by atoms with Crippen molar-refractivity contribution in [2.24, 2.45) is 0 Å². The molecular weight excluding hydrogens is 813 g/mol. The fraction of sp³-hybridized carbons (Fsp3) is 0.190. The Kier molecular flexibility index (Phi) is 8.08. The first-order valence-corrected chi connectivity index (χ1v) is 23.8. The van der Waals surface area contributed by atoms with Gasteiger partial charge in [0, 0.05) is 44.2 Å². The van der Waals surface area contributed by atoms with Crippen LogP contribution in [-0.2, 0) is 21.7 Å². The van der Waals surface area contributed by atoms with E-state index in [4.69, 9.17) is 15.0 Å². The van der Waals surface area contributed by atoms with E-state index in [-0.39, 0.29) is 21.7 Å². The Morgan fingerprint density at radius 2 is 0.716 bits per heavy atom. The lowest BCUT2D eigenvalue weighted by molar-refractivity contribution is 0.660. The van der Waals surface area contributed by atoms with E-state index in [1.165, 1.54) is 89.0 Å². The number of benzene rings is 8. The lowest BCUT2D eigenvalue weighted by Gasteiger charge is -2.28. The summed E-state index contributed by atoms with van der Waals surface area (Å²) >= 11 is 0. The van der Waals surface area contributed by atoms with E-state index in [1.54, 1.807) is 0 Å². The van der Waals surface area contributed by atoms with Crippen molar-refractivity contribution in [3.05, 3.63) is 214 Å². The SMILES string of the molecule is CC1(C)c2ccccc2-c2cc(-c3nc(-c4cccc5c4C(C)(C)c4ccccc4-5)nc(N(c4ccc5c(c4)-c4ccccc4C5(C)C)c4ccc5c(c4)C(C)(C)c4ccccc4-5)n3)ccc21. The first-order valence-electron chi connectivity index (χ1n) is 23.8. The molecular formula is C63H52N4. The van der Waals surface area contributed by atoms with Gasteiger partial charge in [0.2, 0.25) is 5.95 Å². The molecule has 0 spiro atoms. The average molecular weight is 865 g/mol. The quantitative estimate of drug-likeness (QED) is 0.173. The van der Waals surface area contributed by atoms with Gasteiger partial charge in [-0.05, 0) is 119 Å². The van der Waals surface area contributed by atoms with Crippen LogP contribution in [0.2, 0.25) is 0 Å². The van der Waals surface area contributed by atoms with E-state index in [9.17, 15) is 0 Å². The van der Waals surface area contributed by atoms with Crippen LogP contribution in [0.15, 0.2) is 170 Å². The Hall–Kier alpha value is -7.43. The average Bonchev–Trinajstić information content (AvgIpc) is 3.91. The predicted octanol–water partition coefficient (Wildman–Crippen LogP) is 15.9. The van der Waals surface area contributed by atoms with Gasteiger partial charge in [-0.3, -0.25) is 4.90 Å². The third kappa shape index (κ3) is 5.44. The highest BCUT2D eigenvalue weighted by Gasteiger charge is 2.41. The van der Waals surface area contributed by atoms with Crippen LogP contribution in [0, 0.1) is 0 Å². The third-order valence-corrected chi connectivity index (χ3v) is 16.1. The summed E-state index contributed by atoms with van der Waals surface area (Å²) in [6.07, 6.45) is 0. The second-order valence-corrected chi connectivity index (χ2v) is 21.2. The fourth-order valence-electron chi connectivity index (χ4n) is 12.7. The van der Waals surface area contributed by atoms with Crippen LogP contribution < -0.4 is 4.90 Å². The molecule has 0 saturated heterocycles. The van der Waals surface area contributed by atoms with Crippen LogP contribution in [0.25, 0.3) is 67.3 Å². The minimum atomic E-state index is -0.279. The lowest BCUT2D eigenvalue weighted by atomic mass is 9.80. The summed E-state index contributed by atoms with van der Waals surface area (Å²) in [4.78, 5) is 19.1. The molecule has 0 bridgehead atoms. The first-order chi connectivity index (χ1) is 32.2. The normalized spacial score (nSPS) is 16.2. The number of anilines is 3. The second kappa shape index (κ2) is 13.6. The van der Waals surface area contributed by atoms with Crippen molar-refractivity contribution in [3.63, 3.8) is 0 Å². The van der Waals surface area contributed by atoms with Gasteiger partial charge in [0.1, 0.15) is 0 Å². The van der Waals surface area contributed by atoms with Gasteiger partial charge in [0.15, 0.2) is 11.6 Å². The molecule has 67 heavy (non-hydrogen) atoms. The lowest BCUT2D eigenvalue weighted by Crippen LogP contribution is -2.19. The maximum atomic E-state index is 5.66. The molecule has 0 unspecified atom stereocenters. The molecule has 0 fully saturated rings. The highest BCUT2D eigenvalue weighted by atomic mass is 15.3. The van der Waals surface area contributed by atoms with E-state index in [1.807, 2.05) is 0 Å². The topological polar surface area (TPSA) is 41.9 Å². The molecule has 0 radical (unpaired) electrons. The molecule has 0 aliphatic heterocycles. The molecule has 4 heteroatoms. The molecule has 0 amide bonds. The molecule has 1 aromatic heterocycles. The zero-order valence-corrected chi connectivity index (χ0v) is 39.5. The maximum Gasteiger partial charge on any atom is 0.238 e. The highest BCUT2D eigenvalue weighted by Crippen LogP contribution is 2.55. The molecule has 4 nitrogen and oxygen atoms in total. The minimum Gasteiger partial charge on any atom is -0.279 e. The third-order valence-electron chi connectivity index (χ3n) is 16.1. The van der Waals surface area contributed by atoms with Crippen molar-refractivity contribution in [1.82, 2.24) is 15.0 Å². The van der Waals surface area contributed by atoms with Gasteiger partial charge in [-0.1, -0.05) is 195 Å². The minimum absolute atomic E-state index is 0.121. The van der Waals surface area contributed by atoms with Crippen LogP contribution in [0.1, 0.15) is 99.9 Å². The van der Waals surface area contributed by atoms with Gasteiger partial charge in [0.05, 0.1) is 0 Å². The molecule has 1 heterocycles. The summed E-state index contributed by atoms with van der Waals surface area (Å²) in [5.41, 5.74) is 23.8. The Morgan fingerprint density at radius 3 is 1.34 bits per heavy atom. The van der Waals surface area contributed by atoms with Gasteiger partial charge in [0.25, 0.3) is 0 Å². The Bertz CT molecular complexity index is 3610. The number of nitrogens with zero attached hydrogens (tertiary/aromatic N) is 4. The zero-order chi connectivity index (χ0) is 45.8. The van der Waals surface area contributed by atoms with Gasteiger partial charge in [-0.25, -0.2) is 4.98 Å². The smallest absolute Gasteiger partial charge is 0.238 e. The summed E-state index contributed by atoms with van der Waals surface area (Å²) in [5.74, 6) is 1.87. The first kappa shape index (κ1) is 39.9. The standard InChI is InChI=1S/C63H52N4/c1-60(2)50-25-14-11-20-42(50)47-34-37(28-32-53(47)60)57-64-58(46-23-17-22-45-41-19-10-16-27-52(41)63(7,8)56(45)46)66-59(65-57)67(38-30-33-54-48(35-38)43-21-12-15-26-51(43)61(54,3)4)39-29-31-44-40-18-9-13-24-49(40)62(5,6)55(44)36-39/h9-36H,1-8H3. The molecule has 8 aromatic carbocycles. The van der Waals surface area contributed by atoms with Crippen molar-refractivity contribution < 1.29 is 0 Å². The summed E-state index contributed by atoms with van der Waals surface area (Å²) in [6, 6.07) is 62.8. The fourth-order valence-corrected chi connectivity index (χ4v) is 12.7. The van der Waals surface area contributed by atoms with Crippen LogP contribution in [0.3, 0.4) is 0 Å². The monoisotopic (exact) mass is 864 g/mol. The largest absolute Gasteiger partial charge is 0.279 e. The van der Waals surface area contributed by atoms with E-state index >= 15 is 0 Å². The van der Waals surface area contributed by atoms with Crippen LogP contribution in [0.4, 0.5) is 17.3 Å². The molecule has 0 N–H and O–H groups in total. The van der Waals surface area contributed by atoms with Crippen LogP contribution in [0.5, 0.6) is 0 Å². The van der Waals surface area contributed by atoms with E-state index in [0.29, 0.717) is 17.6 Å². The molecule has 0 saturated carbocycles. The van der Waals surface area contributed by atoms with Crippen LogP contribution in [-0.4, -0.2) is 15.0 Å². The second-order valence-electron chi connectivity index (χ2n) is 21.2. The van der Waals surface area contributed by atoms with Crippen LogP contribution >= 0.6 is 0 Å². The highest BCUT2D eigenvalue weighted by molar-refractivity contribution is 5.91. The van der Waals surface area contributed by atoms with Gasteiger partial charge in [-0.2, -0.15) is 9.97 Å². The van der Waals surface area contributed by atoms with Crippen molar-refractivity contribution >= 4 is 17.3 Å². The molecule has 4 aliphatic rings. The van der Waals surface area contributed by atoms with Crippen molar-refractivity contribution in [3.8, 4) is 67.3 Å². The van der Waals surface area contributed by atoms with Gasteiger partial charge < -0.3 is 0 Å². The molecule has 324 valence electrons. The molecule has 0 atom stereocenters. The summed E-state index contributed by atoms with van der Waals surface area (Å²) < 4.78 is 0. The predicted molar refractivity (Wildman–Crippen MR) is 276 cm³/mol. The Morgan fingerprint density at radius 1 is 0.299 bits per heavy atom. The summed E-state index contributed by atoms with van der Waals surface area (Å²) in [6.45, 7) is 18.7. The van der Waals surface area contributed by atoms with Crippen molar-refractivity contribution in [1.29, 1.82) is 0 Å². The van der Waals surface area contributed by atoms with E-state index < -0.39 is 0 Å². The van der Waals surface area contributed by atoms with Gasteiger partial charge >= 0.3 is 0 Å². The zero-order valence-electron chi connectivity index (χ0n) is 39.5. The number of fused-ring (bicyclic) bond motifs is 12. The van der Waals surface area contributed by atoms with E-state index in [2.05, 4.69) is 230 Å². The van der Waals surface area contributed by atoms with Crippen molar-refractivity contribution in [2.45, 2.75) is 77.0 Å². The number of hydrogen-bond acceptors (Lipinski definition) is 4. The van der Waals surface area contributed by atoms with Crippen molar-refractivity contribution in [2.75, 3.05) is 4.90 Å².